The molecule has 2 N–H and O–H groups in total. The molecule has 0 aliphatic heterocycles. The second-order valence-electron chi connectivity index (χ2n) is 4.54. The molecule has 0 aliphatic carbocycles. The van der Waals surface area contributed by atoms with E-state index in [4.69, 9.17) is 21.5 Å². The lowest BCUT2D eigenvalue weighted by Crippen LogP contribution is -2.14. The highest BCUT2D eigenvalue weighted by Crippen LogP contribution is 2.19. The average Bonchev–Trinajstić information content (AvgIpc) is 2.26. The second kappa shape index (κ2) is 6.36. The van der Waals surface area contributed by atoms with Crippen LogP contribution in [0.4, 0.5) is 0 Å². The van der Waals surface area contributed by atoms with Crippen LogP contribution < -0.4 is 5.14 Å². The van der Waals surface area contributed by atoms with Crippen molar-refractivity contribution in [3.63, 3.8) is 0 Å². The molecule has 0 aliphatic rings. The summed E-state index contributed by atoms with van der Waals surface area (Å²) in [7, 11) is -3.91. The Bertz CT molecular complexity index is 569. The highest BCUT2D eigenvalue weighted by Gasteiger charge is 2.15. The van der Waals surface area contributed by atoms with E-state index in [1.54, 1.807) is 0 Å². The number of primary sulfonamides is 1. The molecule has 1 aromatic rings. The fourth-order valence-electron chi connectivity index (χ4n) is 1.32. The zero-order chi connectivity index (χ0) is 14.6. The van der Waals surface area contributed by atoms with Gasteiger partial charge < -0.3 is 4.74 Å². The Morgan fingerprint density at radius 1 is 1.37 bits per heavy atom. The van der Waals surface area contributed by atoms with Crippen LogP contribution in [0.1, 0.15) is 30.6 Å². The molecule has 7 heteroatoms. The summed E-state index contributed by atoms with van der Waals surface area (Å²) in [5, 5.41) is 5.11. The maximum atomic E-state index is 11.7. The summed E-state index contributed by atoms with van der Waals surface area (Å²) in [4.78, 5) is 11.5. The van der Waals surface area contributed by atoms with Crippen LogP contribution in [0, 0.1) is 5.92 Å². The molecule has 0 amide bonds. The predicted molar refractivity (Wildman–Crippen MR) is 72.6 cm³/mol. The minimum atomic E-state index is -3.91. The van der Waals surface area contributed by atoms with Crippen molar-refractivity contribution in [2.45, 2.75) is 25.2 Å². The summed E-state index contributed by atoms with van der Waals surface area (Å²) in [5.41, 5.74) is 0.0697. The molecule has 5 nitrogen and oxygen atoms in total. The van der Waals surface area contributed by atoms with Crippen LogP contribution >= 0.6 is 11.6 Å². The molecule has 106 valence electrons. The fraction of sp³-hybridized carbons (Fsp3) is 0.417. The molecule has 0 unspecified atom stereocenters. The number of ether oxygens (including phenoxy) is 1. The number of esters is 1. The number of carbonyl (C=O) groups is 1. The number of nitrogens with two attached hydrogens (primary N) is 1. The summed E-state index contributed by atoms with van der Waals surface area (Å²) in [6.45, 7) is 4.28. The molecular formula is C12H16ClNO4S. The van der Waals surface area contributed by atoms with E-state index in [2.05, 4.69) is 0 Å². The monoisotopic (exact) mass is 305 g/mol. The van der Waals surface area contributed by atoms with Gasteiger partial charge in [0.15, 0.2) is 0 Å². The summed E-state index contributed by atoms with van der Waals surface area (Å²) in [6.07, 6.45) is 0.731. The normalized spacial score (nSPS) is 11.6. The first-order chi connectivity index (χ1) is 8.70. The molecular weight excluding hydrogens is 290 g/mol. The largest absolute Gasteiger partial charge is 0.462 e. The summed E-state index contributed by atoms with van der Waals surface area (Å²) >= 11 is 5.76. The van der Waals surface area contributed by atoms with Crippen LogP contribution in [0.5, 0.6) is 0 Å². The zero-order valence-corrected chi connectivity index (χ0v) is 12.3. The molecule has 19 heavy (non-hydrogen) atoms. The van der Waals surface area contributed by atoms with E-state index in [1.807, 2.05) is 13.8 Å². The molecule has 0 heterocycles. The van der Waals surface area contributed by atoms with Gasteiger partial charge in [-0.05, 0) is 30.5 Å². The highest BCUT2D eigenvalue weighted by atomic mass is 35.5. The lowest BCUT2D eigenvalue weighted by atomic mass is 10.1. The van der Waals surface area contributed by atoms with E-state index >= 15 is 0 Å². The fourth-order valence-corrected chi connectivity index (χ4v) is 2.20. The van der Waals surface area contributed by atoms with Gasteiger partial charge >= 0.3 is 5.97 Å². The first-order valence-electron chi connectivity index (χ1n) is 5.70. The minimum Gasteiger partial charge on any atom is -0.462 e. The van der Waals surface area contributed by atoms with Crippen molar-refractivity contribution in [3.05, 3.63) is 28.8 Å². The topological polar surface area (TPSA) is 86.5 Å². The maximum absolute atomic E-state index is 11.7. The Morgan fingerprint density at radius 3 is 2.53 bits per heavy atom. The smallest absolute Gasteiger partial charge is 0.338 e. The van der Waals surface area contributed by atoms with Crippen molar-refractivity contribution in [2.75, 3.05) is 6.61 Å². The van der Waals surface area contributed by atoms with Crippen LogP contribution in [-0.4, -0.2) is 21.0 Å². The molecule has 0 saturated heterocycles. The van der Waals surface area contributed by atoms with Gasteiger partial charge in [0.05, 0.1) is 17.1 Å². The first-order valence-corrected chi connectivity index (χ1v) is 7.63. The van der Waals surface area contributed by atoms with Gasteiger partial charge in [-0.15, -0.1) is 0 Å². The van der Waals surface area contributed by atoms with Gasteiger partial charge in [-0.2, -0.15) is 0 Å². The van der Waals surface area contributed by atoms with Gasteiger partial charge in [0.1, 0.15) is 0 Å². The van der Waals surface area contributed by atoms with Crippen molar-refractivity contribution in [1.82, 2.24) is 0 Å². The number of rotatable bonds is 5. The number of hydrogen-bond donors (Lipinski definition) is 1. The maximum Gasteiger partial charge on any atom is 0.338 e. The van der Waals surface area contributed by atoms with E-state index in [0.717, 1.165) is 12.5 Å². The van der Waals surface area contributed by atoms with Crippen molar-refractivity contribution in [2.24, 2.45) is 11.1 Å². The number of sulfonamides is 1. The van der Waals surface area contributed by atoms with Gasteiger partial charge in [-0.1, -0.05) is 25.4 Å². The third kappa shape index (κ3) is 5.18. The van der Waals surface area contributed by atoms with Gasteiger partial charge in [-0.25, -0.2) is 18.4 Å². The predicted octanol–water partition coefficient (Wildman–Crippen LogP) is 2.19. The standard InChI is InChI=1S/C12H16ClNO4S/c1-8(2)3-4-18-12(15)9-5-10(13)7-11(6-9)19(14,16)17/h5-8H,3-4H2,1-2H3,(H2,14,16,17). The number of carbonyl (C=O) groups excluding carboxylic acids is 1. The molecule has 0 radical (unpaired) electrons. The number of benzene rings is 1. The molecule has 0 bridgehead atoms. The average molecular weight is 306 g/mol. The van der Waals surface area contributed by atoms with Gasteiger partial charge in [-0.3, -0.25) is 0 Å². The first kappa shape index (κ1) is 15.9. The summed E-state index contributed by atoms with van der Waals surface area (Å²) < 4.78 is 27.5. The number of halogens is 1. The molecule has 0 saturated carbocycles. The quantitative estimate of drug-likeness (QED) is 0.845. The minimum absolute atomic E-state index is 0.0697. The second-order valence-corrected chi connectivity index (χ2v) is 6.54. The molecule has 1 aromatic carbocycles. The Kier molecular flexibility index (Phi) is 5.34. The molecule has 0 spiro atoms. The molecule has 1 rings (SSSR count). The molecule has 0 aromatic heterocycles. The Labute approximate surface area is 117 Å². The van der Waals surface area contributed by atoms with Crippen molar-refractivity contribution >= 4 is 27.6 Å². The zero-order valence-electron chi connectivity index (χ0n) is 10.7. The Hall–Kier alpha value is -1.11. The SMILES string of the molecule is CC(C)CCOC(=O)c1cc(Cl)cc(S(N)(=O)=O)c1. The lowest BCUT2D eigenvalue weighted by molar-refractivity contribution is 0.0488. The van der Waals surface area contributed by atoms with Crippen molar-refractivity contribution in [3.8, 4) is 0 Å². The van der Waals surface area contributed by atoms with Gasteiger partial charge in [0.2, 0.25) is 10.0 Å². The van der Waals surface area contributed by atoms with Crippen LogP contribution in [0.15, 0.2) is 23.1 Å². The van der Waals surface area contributed by atoms with Gasteiger partial charge in [0.25, 0.3) is 0 Å². The molecule has 0 atom stereocenters. The summed E-state index contributed by atoms with van der Waals surface area (Å²) in [5.74, 6) is -0.208. The van der Waals surface area contributed by atoms with E-state index < -0.39 is 16.0 Å². The van der Waals surface area contributed by atoms with E-state index in [-0.39, 0.29) is 22.1 Å². The van der Waals surface area contributed by atoms with E-state index in [1.165, 1.54) is 12.1 Å². The third-order valence-electron chi connectivity index (χ3n) is 2.36. The number of hydrogen-bond acceptors (Lipinski definition) is 4. The van der Waals surface area contributed by atoms with Crippen molar-refractivity contribution in [1.29, 1.82) is 0 Å². The van der Waals surface area contributed by atoms with Crippen molar-refractivity contribution < 1.29 is 17.9 Å². The summed E-state index contributed by atoms with van der Waals surface area (Å²) in [6, 6.07) is 3.68. The third-order valence-corrected chi connectivity index (χ3v) is 3.47. The Balaban J connectivity index is 2.89. The van der Waals surface area contributed by atoms with Crippen LogP contribution in [-0.2, 0) is 14.8 Å². The van der Waals surface area contributed by atoms with Crippen LogP contribution in [0.3, 0.4) is 0 Å². The van der Waals surface area contributed by atoms with Crippen LogP contribution in [0.2, 0.25) is 5.02 Å². The highest BCUT2D eigenvalue weighted by molar-refractivity contribution is 7.89. The van der Waals surface area contributed by atoms with E-state index in [9.17, 15) is 13.2 Å². The molecule has 0 fully saturated rings. The van der Waals surface area contributed by atoms with E-state index in [0.29, 0.717) is 5.92 Å². The van der Waals surface area contributed by atoms with Crippen LogP contribution in [0.25, 0.3) is 0 Å². The Morgan fingerprint density at radius 2 is 2.00 bits per heavy atom. The van der Waals surface area contributed by atoms with Gasteiger partial charge in [0, 0.05) is 5.02 Å². The lowest BCUT2D eigenvalue weighted by Gasteiger charge is -2.08.